The molecule has 0 unspecified atom stereocenters. The van der Waals surface area contributed by atoms with E-state index in [0.717, 1.165) is 6.54 Å². The van der Waals surface area contributed by atoms with Crippen LogP contribution in [0.2, 0.25) is 0 Å². The number of para-hydroxylation sites is 1. The Morgan fingerprint density at radius 1 is 1.44 bits per heavy atom. The van der Waals surface area contributed by atoms with Crippen LogP contribution < -0.4 is 5.32 Å². The Hall–Kier alpha value is -1.86. The van der Waals surface area contributed by atoms with E-state index < -0.39 is 0 Å². The van der Waals surface area contributed by atoms with Crippen LogP contribution in [-0.4, -0.2) is 29.9 Å². The lowest BCUT2D eigenvalue weighted by Crippen LogP contribution is -2.37. The van der Waals surface area contributed by atoms with Gasteiger partial charge >= 0.3 is 0 Å². The average Bonchev–Trinajstić information content (AvgIpc) is 2.36. The summed E-state index contributed by atoms with van der Waals surface area (Å²) in [5.74, 6) is -0.0896. The van der Waals surface area contributed by atoms with Crippen molar-refractivity contribution in [3.8, 4) is 6.07 Å². The molecule has 0 aliphatic heterocycles. The molecule has 4 nitrogen and oxygen atoms in total. The van der Waals surface area contributed by atoms with Gasteiger partial charge in [-0.2, -0.15) is 5.26 Å². The summed E-state index contributed by atoms with van der Waals surface area (Å²) in [6.45, 7) is 7.30. The molecule has 0 fully saturated rings. The van der Waals surface area contributed by atoms with Crippen LogP contribution in [0.3, 0.4) is 0 Å². The molecule has 0 saturated heterocycles. The molecule has 1 rings (SSSR count). The third-order valence-electron chi connectivity index (χ3n) is 2.80. The highest BCUT2D eigenvalue weighted by Crippen LogP contribution is 2.13. The Balaban J connectivity index is 2.68. The van der Waals surface area contributed by atoms with Gasteiger partial charge in [0.25, 0.3) is 0 Å². The molecule has 0 radical (unpaired) electrons. The molecule has 1 aromatic rings. The van der Waals surface area contributed by atoms with E-state index in [1.807, 2.05) is 6.92 Å². The normalized spacial score (nSPS) is 10.4. The Morgan fingerprint density at radius 2 is 2.11 bits per heavy atom. The summed E-state index contributed by atoms with van der Waals surface area (Å²) >= 11 is 0. The zero-order valence-corrected chi connectivity index (χ0v) is 11.1. The number of hydrogen-bond donors (Lipinski definition) is 1. The number of carbonyl (C=O) groups excluding carboxylic acids is 1. The second kappa shape index (κ2) is 6.77. The van der Waals surface area contributed by atoms with Crippen molar-refractivity contribution in [1.29, 1.82) is 5.26 Å². The second-order valence-corrected chi connectivity index (χ2v) is 4.36. The van der Waals surface area contributed by atoms with E-state index in [2.05, 4.69) is 30.1 Å². The highest BCUT2D eigenvalue weighted by atomic mass is 16.2. The van der Waals surface area contributed by atoms with Gasteiger partial charge in [-0.25, -0.2) is 0 Å². The van der Waals surface area contributed by atoms with Crippen molar-refractivity contribution < 1.29 is 4.79 Å². The van der Waals surface area contributed by atoms with E-state index in [1.54, 1.807) is 24.3 Å². The van der Waals surface area contributed by atoms with Crippen molar-refractivity contribution in [2.45, 2.75) is 26.8 Å². The van der Waals surface area contributed by atoms with Gasteiger partial charge in [-0.05, 0) is 32.5 Å². The molecule has 0 aliphatic rings. The average molecular weight is 245 g/mol. The van der Waals surface area contributed by atoms with Crippen LogP contribution >= 0.6 is 0 Å². The standard InChI is InChI=1S/C14H19N3O/c1-4-17(11(2)3)10-14(18)16-13-8-6-5-7-12(13)9-15/h5-8,11H,4,10H2,1-3H3,(H,16,18). The van der Waals surface area contributed by atoms with Crippen LogP contribution in [0.25, 0.3) is 0 Å². The van der Waals surface area contributed by atoms with Crippen LogP contribution in [0.5, 0.6) is 0 Å². The first kappa shape index (κ1) is 14.2. The van der Waals surface area contributed by atoms with Crippen LogP contribution in [0.15, 0.2) is 24.3 Å². The minimum absolute atomic E-state index is 0.0896. The maximum atomic E-state index is 11.9. The summed E-state index contributed by atoms with van der Waals surface area (Å²) in [4.78, 5) is 14.0. The summed E-state index contributed by atoms with van der Waals surface area (Å²) in [6.07, 6.45) is 0. The first-order valence-electron chi connectivity index (χ1n) is 6.11. The van der Waals surface area contributed by atoms with E-state index in [1.165, 1.54) is 0 Å². The fourth-order valence-electron chi connectivity index (χ4n) is 1.72. The van der Waals surface area contributed by atoms with E-state index >= 15 is 0 Å². The van der Waals surface area contributed by atoms with Crippen LogP contribution in [0, 0.1) is 11.3 Å². The number of benzene rings is 1. The monoisotopic (exact) mass is 245 g/mol. The largest absolute Gasteiger partial charge is 0.324 e. The summed E-state index contributed by atoms with van der Waals surface area (Å²) in [7, 11) is 0. The van der Waals surface area contributed by atoms with Gasteiger partial charge in [0, 0.05) is 6.04 Å². The first-order chi connectivity index (χ1) is 8.58. The molecule has 1 amide bonds. The van der Waals surface area contributed by atoms with E-state index in [9.17, 15) is 4.79 Å². The third-order valence-corrected chi connectivity index (χ3v) is 2.80. The van der Waals surface area contributed by atoms with Crippen molar-refractivity contribution in [3.05, 3.63) is 29.8 Å². The smallest absolute Gasteiger partial charge is 0.238 e. The Kier molecular flexibility index (Phi) is 5.34. The van der Waals surface area contributed by atoms with Crippen LogP contribution in [0.1, 0.15) is 26.3 Å². The van der Waals surface area contributed by atoms with Gasteiger partial charge in [-0.15, -0.1) is 0 Å². The number of nitrogens with zero attached hydrogens (tertiary/aromatic N) is 2. The lowest BCUT2D eigenvalue weighted by atomic mass is 10.2. The number of nitriles is 1. The second-order valence-electron chi connectivity index (χ2n) is 4.36. The number of carbonyl (C=O) groups is 1. The zero-order valence-electron chi connectivity index (χ0n) is 11.1. The molecule has 0 spiro atoms. The molecule has 96 valence electrons. The quantitative estimate of drug-likeness (QED) is 0.865. The lowest BCUT2D eigenvalue weighted by Gasteiger charge is -2.23. The van der Waals surface area contributed by atoms with Gasteiger partial charge in [0.2, 0.25) is 5.91 Å². The molecule has 4 heteroatoms. The van der Waals surface area contributed by atoms with Gasteiger partial charge < -0.3 is 5.32 Å². The number of nitrogens with one attached hydrogen (secondary N) is 1. The highest BCUT2D eigenvalue weighted by Gasteiger charge is 2.13. The van der Waals surface area contributed by atoms with Crippen LogP contribution in [0.4, 0.5) is 5.69 Å². The number of anilines is 1. The van der Waals surface area contributed by atoms with Crippen molar-refractivity contribution >= 4 is 11.6 Å². The topological polar surface area (TPSA) is 56.1 Å². The minimum atomic E-state index is -0.0896. The van der Waals surface area contributed by atoms with Gasteiger partial charge in [-0.3, -0.25) is 9.69 Å². The molecule has 0 aliphatic carbocycles. The van der Waals surface area contributed by atoms with Gasteiger partial charge in [0.1, 0.15) is 6.07 Å². The third kappa shape index (κ3) is 3.86. The van der Waals surface area contributed by atoms with Gasteiger partial charge in [0.15, 0.2) is 0 Å². The molecule has 1 N–H and O–H groups in total. The van der Waals surface area contributed by atoms with Crippen LogP contribution in [-0.2, 0) is 4.79 Å². The number of hydrogen-bond acceptors (Lipinski definition) is 3. The van der Waals surface area contributed by atoms with E-state index in [-0.39, 0.29) is 5.91 Å². The van der Waals surface area contributed by atoms with Gasteiger partial charge in [-0.1, -0.05) is 19.1 Å². The molecular weight excluding hydrogens is 226 g/mol. The Morgan fingerprint density at radius 3 is 2.67 bits per heavy atom. The predicted molar refractivity (Wildman–Crippen MR) is 72.2 cm³/mol. The van der Waals surface area contributed by atoms with Crippen molar-refractivity contribution in [1.82, 2.24) is 4.90 Å². The SMILES string of the molecule is CCN(CC(=O)Nc1ccccc1C#N)C(C)C. The molecule has 18 heavy (non-hydrogen) atoms. The van der Waals surface area contributed by atoms with Crippen molar-refractivity contribution in [2.24, 2.45) is 0 Å². The Labute approximate surface area is 108 Å². The maximum Gasteiger partial charge on any atom is 0.238 e. The fourth-order valence-corrected chi connectivity index (χ4v) is 1.72. The predicted octanol–water partition coefficient (Wildman–Crippen LogP) is 2.23. The fraction of sp³-hybridized carbons (Fsp3) is 0.429. The summed E-state index contributed by atoms with van der Waals surface area (Å²) in [5.41, 5.74) is 1.06. The van der Waals surface area contributed by atoms with Crippen molar-refractivity contribution in [2.75, 3.05) is 18.4 Å². The van der Waals surface area contributed by atoms with Gasteiger partial charge in [0.05, 0.1) is 17.8 Å². The summed E-state index contributed by atoms with van der Waals surface area (Å²) in [5, 5.41) is 11.7. The minimum Gasteiger partial charge on any atom is -0.324 e. The molecule has 0 heterocycles. The van der Waals surface area contributed by atoms with E-state index in [0.29, 0.717) is 23.8 Å². The first-order valence-corrected chi connectivity index (χ1v) is 6.11. The zero-order chi connectivity index (χ0) is 13.5. The van der Waals surface area contributed by atoms with Crippen molar-refractivity contribution in [3.63, 3.8) is 0 Å². The van der Waals surface area contributed by atoms with E-state index in [4.69, 9.17) is 5.26 Å². The summed E-state index contributed by atoms with van der Waals surface area (Å²) < 4.78 is 0. The maximum absolute atomic E-state index is 11.9. The Bertz CT molecular complexity index is 449. The lowest BCUT2D eigenvalue weighted by molar-refractivity contribution is -0.117. The molecular formula is C14H19N3O. The number of rotatable bonds is 5. The molecule has 0 atom stereocenters. The summed E-state index contributed by atoms with van der Waals surface area (Å²) in [6, 6.07) is 9.40. The molecule has 1 aromatic carbocycles. The molecule has 0 bridgehead atoms. The molecule has 0 aromatic heterocycles. The number of amides is 1. The number of likely N-dealkylation sites (N-methyl/N-ethyl adjacent to an activating group) is 1. The highest BCUT2D eigenvalue weighted by molar-refractivity contribution is 5.93. The molecule has 0 saturated carbocycles.